The summed E-state index contributed by atoms with van der Waals surface area (Å²) in [5.41, 5.74) is 1.23. The molecule has 0 saturated heterocycles. The van der Waals surface area contributed by atoms with Gasteiger partial charge in [-0.1, -0.05) is 13.8 Å². The van der Waals surface area contributed by atoms with Crippen LogP contribution in [0.4, 0.5) is 0 Å². The molecule has 130 valence electrons. The highest BCUT2D eigenvalue weighted by Crippen LogP contribution is 2.29. The van der Waals surface area contributed by atoms with E-state index in [1.54, 1.807) is 31.4 Å². The van der Waals surface area contributed by atoms with Gasteiger partial charge < -0.3 is 19.9 Å². The number of fused-ring (bicyclic) bond motifs is 1. The van der Waals surface area contributed by atoms with Crippen molar-refractivity contribution in [2.75, 3.05) is 20.3 Å². The lowest BCUT2D eigenvalue weighted by molar-refractivity contribution is -0.142. The first kappa shape index (κ1) is 17.8. The van der Waals surface area contributed by atoms with Crippen molar-refractivity contribution in [2.24, 2.45) is 11.8 Å². The minimum Gasteiger partial charge on any atom is -0.497 e. The van der Waals surface area contributed by atoms with Gasteiger partial charge in [0.1, 0.15) is 18.1 Å². The quantitative estimate of drug-likeness (QED) is 0.800. The fraction of sp³-hybridized carbons (Fsp3) is 0.444. The molecule has 0 radical (unpaired) electrons. The molecule has 0 spiro atoms. The predicted octanol–water partition coefficient (Wildman–Crippen LogP) is 2.33. The Bertz CT molecular complexity index is 651. The molecule has 1 atom stereocenters. The molecule has 0 aromatic heterocycles. The molecule has 0 fully saturated rings. The molecule has 0 bridgehead atoms. The maximum absolute atomic E-state index is 12.3. The first-order valence-electron chi connectivity index (χ1n) is 7.93. The minimum absolute atomic E-state index is 0.106. The Morgan fingerprint density at radius 2 is 2.12 bits per heavy atom. The van der Waals surface area contributed by atoms with Crippen LogP contribution >= 0.6 is 0 Å². The second-order valence-corrected chi connectivity index (χ2v) is 6.24. The fourth-order valence-electron chi connectivity index (χ4n) is 2.58. The Kier molecular flexibility index (Phi) is 5.84. The van der Waals surface area contributed by atoms with Crippen LogP contribution in [0.25, 0.3) is 6.08 Å². The van der Waals surface area contributed by atoms with Crippen LogP contribution in [0.15, 0.2) is 23.8 Å². The van der Waals surface area contributed by atoms with Crippen LogP contribution in [0.1, 0.15) is 25.8 Å². The monoisotopic (exact) mass is 333 g/mol. The summed E-state index contributed by atoms with van der Waals surface area (Å²) in [4.78, 5) is 23.5. The van der Waals surface area contributed by atoms with Crippen molar-refractivity contribution in [3.63, 3.8) is 0 Å². The van der Waals surface area contributed by atoms with Gasteiger partial charge in [0.15, 0.2) is 0 Å². The highest BCUT2D eigenvalue weighted by Gasteiger charge is 2.22. The lowest BCUT2D eigenvalue weighted by Gasteiger charge is -2.20. The van der Waals surface area contributed by atoms with Crippen LogP contribution in [0, 0.1) is 11.8 Å². The number of rotatable bonds is 7. The Morgan fingerprint density at radius 1 is 1.38 bits per heavy atom. The van der Waals surface area contributed by atoms with Crippen LogP contribution < -0.4 is 14.8 Å². The summed E-state index contributed by atoms with van der Waals surface area (Å²) in [5, 5.41) is 11.9. The lowest BCUT2D eigenvalue weighted by Crippen LogP contribution is -2.35. The van der Waals surface area contributed by atoms with Gasteiger partial charge in [-0.2, -0.15) is 0 Å². The molecular formula is C18H23NO5. The molecule has 1 amide bonds. The third-order valence-electron chi connectivity index (χ3n) is 3.84. The average Bonchev–Trinajstić information content (AvgIpc) is 2.56. The Morgan fingerprint density at radius 3 is 2.75 bits per heavy atom. The largest absolute Gasteiger partial charge is 0.497 e. The summed E-state index contributed by atoms with van der Waals surface area (Å²) in [6, 6.07) is 5.38. The van der Waals surface area contributed by atoms with Gasteiger partial charge in [-0.15, -0.1) is 0 Å². The molecule has 1 unspecified atom stereocenters. The van der Waals surface area contributed by atoms with Gasteiger partial charge in [0.2, 0.25) is 0 Å². The SMILES string of the molecule is COc1ccc2c(c1)C=C(C(=O)NCC(CC(C)C)C(=O)O)CO2. The van der Waals surface area contributed by atoms with Crippen LogP contribution in [0.3, 0.4) is 0 Å². The zero-order chi connectivity index (χ0) is 17.7. The summed E-state index contributed by atoms with van der Waals surface area (Å²) in [5.74, 6) is -0.175. The third kappa shape index (κ3) is 4.50. The van der Waals surface area contributed by atoms with Gasteiger partial charge in [0.25, 0.3) is 5.91 Å². The van der Waals surface area contributed by atoms with Crippen molar-refractivity contribution < 1.29 is 24.2 Å². The molecule has 1 aromatic carbocycles. The minimum atomic E-state index is -0.895. The molecule has 24 heavy (non-hydrogen) atoms. The molecule has 6 heteroatoms. The molecular weight excluding hydrogens is 310 g/mol. The molecule has 0 aliphatic carbocycles. The second kappa shape index (κ2) is 7.86. The van der Waals surface area contributed by atoms with E-state index in [1.165, 1.54) is 0 Å². The Labute approximate surface area is 141 Å². The number of carbonyl (C=O) groups is 2. The zero-order valence-corrected chi connectivity index (χ0v) is 14.2. The lowest BCUT2D eigenvalue weighted by atomic mass is 9.97. The number of methoxy groups -OCH3 is 1. The van der Waals surface area contributed by atoms with Crippen LogP contribution in [0.2, 0.25) is 0 Å². The summed E-state index contributed by atoms with van der Waals surface area (Å²) in [6.45, 7) is 4.18. The number of hydrogen-bond donors (Lipinski definition) is 2. The van der Waals surface area contributed by atoms with E-state index in [-0.39, 0.29) is 25.0 Å². The summed E-state index contributed by atoms with van der Waals surface area (Å²) >= 11 is 0. The maximum Gasteiger partial charge on any atom is 0.308 e. The highest BCUT2D eigenvalue weighted by atomic mass is 16.5. The van der Waals surface area contributed by atoms with E-state index in [0.717, 1.165) is 5.56 Å². The van der Waals surface area contributed by atoms with Crippen molar-refractivity contribution in [1.29, 1.82) is 0 Å². The molecule has 2 rings (SSSR count). The highest BCUT2D eigenvalue weighted by molar-refractivity contribution is 5.99. The van der Waals surface area contributed by atoms with E-state index in [4.69, 9.17) is 9.47 Å². The first-order chi connectivity index (χ1) is 11.4. The molecule has 1 aromatic rings. The van der Waals surface area contributed by atoms with Crippen molar-refractivity contribution in [3.8, 4) is 11.5 Å². The van der Waals surface area contributed by atoms with Crippen molar-refractivity contribution in [3.05, 3.63) is 29.3 Å². The fourth-order valence-corrected chi connectivity index (χ4v) is 2.58. The van der Waals surface area contributed by atoms with E-state index in [0.29, 0.717) is 23.5 Å². The van der Waals surface area contributed by atoms with Gasteiger partial charge in [0.05, 0.1) is 18.6 Å². The Balaban J connectivity index is 2.04. The molecule has 2 N–H and O–H groups in total. The van der Waals surface area contributed by atoms with E-state index < -0.39 is 11.9 Å². The number of carboxylic acid groups (broad SMARTS) is 1. The standard InChI is InChI=1S/C18H23NO5/c1-11(2)6-13(18(21)22)9-19-17(20)14-7-12-8-15(23-3)4-5-16(12)24-10-14/h4-5,7-8,11,13H,6,9-10H2,1-3H3,(H,19,20)(H,21,22). The summed E-state index contributed by atoms with van der Waals surface area (Å²) in [6.07, 6.45) is 2.26. The molecule has 0 saturated carbocycles. The van der Waals surface area contributed by atoms with E-state index in [9.17, 15) is 14.7 Å². The van der Waals surface area contributed by atoms with Gasteiger partial charge in [-0.25, -0.2) is 0 Å². The van der Waals surface area contributed by atoms with Gasteiger partial charge >= 0.3 is 5.97 Å². The van der Waals surface area contributed by atoms with Gasteiger partial charge in [-0.05, 0) is 36.6 Å². The smallest absolute Gasteiger partial charge is 0.308 e. The van der Waals surface area contributed by atoms with Crippen LogP contribution in [-0.4, -0.2) is 37.2 Å². The number of carboxylic acids is 1. The molecule has 1 heterocycles. The number of amides is 1. The summed E-state index contributed by atoms with van der Waals surface area (Å²) in [7, 11) is 1.57. The van der Waals surface area contributed by atoms with Crippen molar-refractivity contribution >= 4 is 18.0 Å². The predicted molar refractivity (Wildman–Crippen MR) is 90.1 cm³/mol. The van der Waals surface area contributed by atoms with E-state index in [1.807, 2.05) is 13.8 Å². The Hall–Kier alpha value is -2.50. The number of ether oxygens (including phenoxy) is 2. The van der Waals surface area contributed by atoms with Gasteiger partial charge in [0, 0.05) is 12.1 Å². The summed E-state index contributed by atoms with van der Waals surface area (Å²) < 4.78 is 10.7. The average molecular weight is 333 g/mol. The number of carbonyl (C=O) groups excluding carboxylic acids is 1. The number of aliphatic carboxylic acids is 1. The maximum atomic E-state index is 12.3. The third-order valence-corrected chi connectivity index (χ3v) is 3.84. The molecule has 1 aliphatic heterocycles. The number of hydrogen-bond acceptors (Lipinski definition) is 4. The topological polar surface area (TPSA) is 84.9 Å². The van der Waals surface area contributed by atoms with Crippen molar-refractivity contribution in [2.45, 2.75) is 20.3 Å². The van der Waals surface area contributed by atoms with Crippen LogP contribution in [-0.2, 0) is 9.59 Å². The first-order valence-corrected chi connectivity index (χ1v) is 7.93. The number of benzene rings is 1. The zero-order valence-electron chi connectivity index (χ0n) is 14.2. The van der Waals surface area contributed by atoms with E-state index >= 15 is 0 Å². The molecule has 6 nitrogen and oxygen atoms in total. The molecule has 1 aliphatic rings. The second-order valence-electron chi connectivity index (χ2n) is 6.24. The van der Waals surface area contributed by atoms with Gasteiger partial charge in [-0.3, -0.25) is 9.59 Å². The normalized spacial score (nSPS) is 14.2. The van der Waals surface area contributed by atoms with Crippen molar-refractivity contribution in [1.82, 2.24) is 5.32 Å². The number of nitrogens with one attached hydrogen (secondary N) is 1. The van der Waals surface area contributed by atoms with Crippen LogP contribution in [0.5, 0.6) is 11.5 Å². The van der Waals surface area contributed by atoms with E-state index in [2.05, 4.69) is 5.32 Å².